The monoisotopic (exact) mass is 428 g/mol. The number of likely N-dealkylation sites (N-methyl/N-ethyl adjacent to an activating group) is 1. The summed E-state index contributed by atoms with van der Waals surface area (Å²) in [7, 11) is 5.14. The van der Waals surface area contributed by atoms with Crippen LogP contribution in [0.1, 0.15) is 12.8 Å². The van der Waals surface area contributed by atoms with Crippen LogP contribution in [-0.2, 0) is 14.3 Å². The third-order valence-electron chi connectivity index (χ3n) is 3.27. The molecule has 0 saturated carbocycles. The topological polar surface area (TPSA) is 75.2 Å². The minimum Gasteiger partial charge on any atom is -0.385 e. The van der Waals surface area contributed by atoms with Crippen LogP contribution >= 0.6 is 24.0 Å². The Morgan fingerprint density at radius 3 is 2.77 bits per heavy atom. The maximum atomic E-state index is 11.6. The smallest absolute Gasteiger partial charge is 0.243 e. The van der Waals surface area contributed by atoms with E-state index in [2.05, 4.69) is 15.6 Å². The molecule has 0 aliphatic carbocycles. The molecular weight excluding hydrogens is 399 g/mol. The Balaban J connectivity index is 0.00000441. The lowest BCUT2D eigenvalue weighted by atomic mass is 10.1. The van der Waals surface area contributed by atoms with Gasteiger partial charge in [0.1, 0.15) is 6.54 Å². The molecule has 22 heavy (non-hydrogen) atoms. The molecule has 1 unspecified atom stereocenters. The first-order valence-electron chi connectivity index (χ1n) is 7.42. The summed E-state index contributed by atoms with van der Waals surface area (Å²) < 4.78 is 10.4. The highest BCUT2D eigenvalue weighted by Crippen LogP contribution is 2.10. The number of guanidine groups is 1. The first kappa shape index (κ1) is 21.4. The Hall–Kier alpha value is -0.610. The molecule has 0 radical (unpaired) electrons. The Kier molecular flexibility index (Phi) is 12.5. The molecule has 1 aliphatic rings. The van der Waals surface area contributed by atoms with Crippen molar-refractivity contribution in [3.63, 3.8) is 0 Å². The fraction of sp³-hybridized carbons (Fsp3) is 0.857. The van der Waals surface area contributed by atoms with Gasteiger partial charge in [0, 0.05) is 53.4 Å². The van der Waals surface area contributed by atoms with Gasteiger partial charge in [-0.25, -0.2) is 4.99 Å². The molecule has 1 fully saturated rings. The second-order valence-corrected chi connectivity index (χ2v) is 5.34. The van der Waals surface area contributed by atoms with E-state index in [1.807, 2.05) is 0 Å². The Morgan fingerprint density at radius 1 is 1.41 bits per heavy atom. The quantitative estimate of drug-likeness (QED) is 0.252. The number of nitrogens with zero attached hydrogens (tertiary/aromatic N) is 2. The first-order valence-corrected chi connectivity index (χ1v) is 7.42. The van der Waals surface area contributed by atoms with Crippen LogP contribution in [0.5, 0.6) is 0 Å². The number of methoxy groups -OCH3 is 1. The molecule has 1 amide bonds. The van der Waals surface area contributed by atoms with Crippen molar-refractivity contribution < 1.29 is 14.3 Å². The maximum absolute atomic E-state index is 11.6. The summed E-state index contributed by atoms with van der Waals surface area (Å²) in [5.41, 5.74) is 0. The van der Waals surface area contributed by atoms with E-state index < -0.39 is 0 Å². The van der Waals surface area contributed by atoms with E-state index in [4.69, 9.17) is 9.47 Å². The van der Waals surface area contributed by atoms with Crippen molar-refractivity contribution >= 4 is 35.8 Å². The van der Waals surface area contributed by atoms with Crippen LogP contribution in [0.15, 0.2) is 4.99 Å². The molecule has 8 heteroatoms. The number of ether oxygens (including phenoxy) is 2. The molecule has 130 valence electrons. The summed E-state index contributed by atoms with van der Waals surface area (Å²) in [6, 6.07) is 0. The molecule has 0 spiro atoms. The van der Waals surface area contributed by atoms with Crippen molar-refractivity contribution in [2.45, 2.75) is 12.8 Å². The summed E-state index contributed by atoms with van der Waals surface area (Å²) in [4.78, 5) is 17.5. The van der Waals surface area contributed by atoms with Gasteiger partial charge in [0.2, 0.25) is 5.91 Å². The van der Waals surface area contributed by atoms with E-state index in [-0.39, 0.29) is 36.4 Å². The lowest BCUT2D eigenvalue weighted by molar-refractivity contribution is -0.127. The Labute approximate surface area is 150 Å². The molecular formula is C14H29IN4O3. The van der Waals surface area contributed by atoms with Crippen molar-refractivity contribution in [2.75, 3.05) is 60.7 Å². The predicted octanol–water partition coefficient (Wildman–Crippen LogP) is 0.301. The van der Waals surface area contributed by atoms with Crippen LogP contribution in [0.25, 0.3) is 0 Å². The van der Waals surface area contributed by atoms with Crippen molar-refractivity contribution in [3.05, 3.63) is 0 Å². The Bertz CT molecular complexity index is 334. The van der Waals surface area contributed by atoms with E-state index >= 15 is 0 Å². The molecule has 0 aromatic rings. The van der Waals surface area contributed by atoms with Crippen molar-refractivity contribution in [1.29, 1.82) is 0 Å². The number of rotatable bonds is 8. The van der Waals surface area contributed by atoms with E-state index in [0.717, 1.165) is 39.1 Å². The first-order chi connectivity index (χ1) is 10.1. The second kappa shape index (κ2) is 12.9. The number of aliphatic imine (C=N–C) groups is 1. The van der Waals surface area contributed by atoms with Crippen molar-refractivity contribution in [2.24, 2.45) is 10.9 Å². The number of halogens is 1. The van der Waals surface area contributed by atoms with E-state index in [9.17, 15) is 4.79 Å². The molecule has 1 atom stereocenters. The third kappa shape index (κ3) is 9.42. The van der Waals surface area contributed by atoms with Crippen molar-refractivity contribution in [3.8, 4) is 0 Å². The average molecular weight is 428 g/mol. The lowest BCUT2D eigenvalue weighted by Gasteiger charge is -2.15. The molecule has 7 nitrogen and oxygen atoms in total. The van der Waals surface area contributed by atoms with Crippen LogP contribution in [-0.4, -0.2) is 77.4 Å². The van der Waals surface area contributed by atoms with Gasteiger partial charge >= 0.3 is 0 Å². The minimum atomic E-state index is -0.0165. The van der Waals surface area contributed by atoms with Crippen LogP contribution < -0.4 is 10.6 Å². The van der Waals surface area contributed by atoms with Crippen LogP contribution in [0, 0.1) is 5.92 Å². The van der Waals surface area contributed by atoms with Crippen LogP contribution in [0.2, 0.25) is 0 Å². The van der Waals surface area contributed by atoms with E-state index in [1.54, 1.807) is 21.2 Å². The molecule has 0 aromatic heterocycles. The van der Waals surface area contributed by atoms with Crippen molar-refractivity contribution in [1.82, 2.24) is 15.5 Å². The highest BCUT2D eigenvalue weighted by molar-refractivity contribution is 14.0. The zero-order valence-electron chi connectivity index (χ0n) is 13.8. The largest absolute Gasteiger partial charge is 0.385 e. The SMILES string of the molecule is COCCCNC(=NCC(=O)N(C)C)NCC1CCOC1.I. The van der Waals surface area contributed by atoms with Gasteiger partial charge in [-0.15, -0.1) is 24.0 Å². The van der Waals surface area contributed by atoms with Crippen LogP contribution in [0.3, 0.4) is 0 Å². The molecule has 2 N–H and O–H groups in total. The van der Waals surface area contributed by atoms with Crippen LogP contribution in [0.4, 0.5) is 0 Å². The lowest BCUT2D eigenvalue weighted by Crippen LogP contribution is -2.41. The zero-order chi connectivity index (χ0) is 15.5. The molecule has 1 aliphatic heterocycles. The summed E-state index contributed by atoms with van der Waals surface area (Å²) in [6.07, 6.45) is 1.96. The average Bonchev–Trinajstić information content (AvgIpc) is 2.98. The molecule has 0 bridgehead atoms. The van der Waals surface area contributed by atoms with Gasteiger partial charge in [-0.3, -0.25) is 4.79 Å². The number of amides is 1. The number of nitrogens with one attached hydrogen (secondary N) is 2. The van der Waals surface area contributed by atoms with Gasteiger partial charge in [0.15, 0.2) is 5.96 Å². The standard InChI is InChI=1S/C14H28N4O3.HI/c1-18(2)13(19)10-17-14(15-6-4-7-20-3)16-9-12-5-8-21-11-12;/h12H,4-11H2,1-3H3,(H2,15,16,17);1H. The predicted molar refractivity (Wildman–Crippen MR) is 97.8 cm³/mol. The summed E-state index contributed by atoms with van der Waals surface area (Å²) in [6.45, 7) is 4.05. The summed E-state index contributed by atoms with van der Waals surface area (Å²) >= 11 is 0. The fourth-order valence-electron chi connectivity index (χ4n) is 1.87. The normalized spacial score (nSPS) is 17.8. The Morgan fingerprint density at radius 2 is 2.18 bits per heavy atom. The van der Waals surface area contributed by atoms with E-state index in [1.165, 1.54) is 4.90 Å². The molecule has 1 heterocycles. The molecule has 1 rings (SSSR count). The highest BCUT2D eigenvalue weighted by atomic mass is 127. The number of carbonyl (C=O) groups is 1. The fourth-order valence-corrected chi connectivity index (χ4v) is 1.87. The number of carbonyl (C=O) groups excluding carboxylic acids is 1. The minimum absolute atomic E-state index is 0. The van der Waals surface area contributed by atoms with E-state index in [0.29, 0.717) is 18.5 Å². The van der Waals surface area contributed by atoms with Gasteiger partial charge in [0.25, 0.3) is 0 Å². The third-order valence-corrected chi connectivity index (χ3v) is 3.27. The maximum Gasteiger partial charge on any atom is 0.243 e. The van der Waals surface area contributed by atoms with Gasteiger partial charge in [-0.1, -0.05) is 0 Å². The zero-order valence-corrected chi connectivity index (χ0v) is 16.1. The van der Waals surface area contributed by atoms with Gasteiger partial charge < -0.3 is 25.0 Å². The van der Waals surface area contributed by atoms with Gasteiger partial charge in [-0.2, -0.15) is 0 Å². The van der Waals surface area contributed by atoms with Gasteiger partial charge in [-0.05, 0) is 12.8 Å². The van der Waals surface area contributed by atoms with Gasteiger partial charge in [0.05, 0.1) is 6.61 Å². The summed E-state index contributed by atoms with van der Waals surface area (Å²) in [5.74, 6) is 1.17. The molecule has 0 aromatic carbocycles. The number of hydrogen-bond acceptors (Lipinski definition) is 4. The number of hydrogen-bond donors (Lipinski definition) is 2. The summed E-state index contributed by atoms with van der Waals surface area (Å²) in [5, 5.41) is 6.50. The molecule has 1 saturated heterocycles. The second-order valence-electron chi connectivity index (χ2n) is 5.34. The highest BCUT2D eigenvalue weighted by Gasteiger charge is 2.15.